The third-order valence-corrected chi connectivity index (χ3v) is 3.27. The van der Waals surface area contributed by atoms with Gasteiger partial charge in [-0.15, -0.1) is 0 Å². The van der Waals surface area contributed by atoms with Crippen molar-refractivity contribution in [2.45, 2.75) is 25.7 Å². The summed E-state index contributed by atoms with van der Waals surface area (Å²) in [5, 5.41) is 9.00. The molecule has 1 N–H and O–H groups in total. The van der Waals surface area contributed by atoms with Crippen LogP contribution < -0.4 is 4.74 Å². The van der Waals surface area contributed by atoms with Crippen LogP contribution in [-0.4, -0.2) is 22.7 Å². The van der Waals surface area contributed by atoms with Crippen LogP contribution in [0.3, 0.4) is 0 Å². The van der Waals surface area contributed by atoms with Crippen molar-refractivity contribution in [2.24, 2.45) is 5.92 Å². The molecule has 17 heavy (non-hydrogen) atoms. The van der Waals surface area contributed by atoms with Gasteiger partial charge in [0.1, 0.15) is 0 Å². The zero-order valence-electron chi connectivity index (χ0n) is 9.36. The van der Waals surface area contributed by atoms with Crippen LogP contribution in [0.5, 0.6) is 5.88 Å². The van der Waals surface area contributed by atoms with Gasteiger partial charge in [0.05, 0.1) is 11.6 Å². The minimum atomic E-state index is -1.14. The Morgan fingerprint density at radius 2 is 2.18 bits per heavy atom. The molecule has 0 aliphatic heterocycles. The molecule has 0 amide bonds. The molecule has 0 radical (unpaired) electrons. The Balaban J connectivity index is 2.00. The molecule has 0 bridgehead atoms. The molecule has 4 nitrogen and oxygen atoms in total. The molecule has 1 aliphatic rings. The Kier molecular flexibility index (Phi) is 3.84. The minimum absolute atomic E-state index is 0.130. The number of pyridine rings is 1. The molecule has 0 unspecified atom stereocenters. The fourth-order valence-electron chi connectivity index (χ4n) is 2.03. The SMILES string of the molecule is O=C(O)c1nc(OCC2CCCC2)ccc1Cl. The normalized spacial score (nSPS) is 16.1. The van der Waals surface area contributed by atoms with Gasteiger partial charge in [-0.25, -0.2) is 9.78 Å². The number of carboxylic acid groups (broad SMARTS) is 1. The number of hydrogen-bond donors (Lipinski definition) is 1. The van der Waals surface area contributed by atoms with E-state index in [-0.39, 0.29) is 10.7 Å². The number of ether oxygens (including phenoxy) is 1. The molecule has 1 saturated carbocycles. The average Bonchev–Trinajstić information content (AvgIpc) is 2.80. The Bertz CT molecular complexity index is 416. The van der Waals surface area contributed by atoms with Crippen molar-refractivity contribution in [1.29, 1.82) is 0 Å². The van der Waals surface area contributed by atoms with Crippen molar-refractivity contribution < 1.29 is 14.6 Å². The monoisotopic (exact) mass is 255 g/mol. The van der Waals surface area contributed by atoms with Gasteiger partial charge in [0.15, 0.2) is 5.69 Å². The van der Waals surface area contributed by atoms with Gasteiger partial charge >= 0.3 is 5.97 Å². The van der Waals surface area contributed by atoms with E-state index in [1.807, 2.05) is 0 Å². The van der Waals surface area contributed by atoms with Crippen LogP contribution >= 0.6 is 11.6 Å². The maximum Gasteiger partial charge on any atom is 0.356 e. The smallest absolute Gasteiger partial charge is 0.356 e. The van der Waals surface area contributed by atoms with E-state index in [1.165, 1.54) is 31.7 Å². The minimum Gasteiger partial charge on any atom is -0.477 e. The third kappa shape index (κ3) is 3.09. The van der Waals surface area contributed by atoms with Gasteiger partial charge < -0.3 is 9.84 Å². The number of hydrogen-bond acceptors (Lipinski definition) is 3. The van der Waals surface area contributed by atoms with E-state index in [2.05, 4.69) is 4.98 Å². The van der Waals surface area contributed by atoms with Gasteiger partial charge in [0, 0.05) is 6.07 Å². The topological polar surface area (TPSA) is 59.4 Å². The Morgan fingerprint density at radius 3 is 2.82 bits per heavy atom. The van der Waals surface area contributed by atoms with Gasteiger partial charge in [0.25, 0.3) is 0 Å². The number of carboxylic acids is 1. The van der Waals surface area contributed by atoms with Crippen molar-refractivity contribution in [3.8, 4) is 5.88 Å². The molecule has 0 spiro atoms. The highest BCUT2D eigenvalue weighted by atomic mass is 35.5. The highest BCUT2D eigenvalue weighted by Crippen LogP contribution is 2.25. The Labute approximate surface area is 105 Å². The van der Waals surface area contributed by atoms with E-state index < -0.39 is 5.97 Å². The van der Waals surface area contributed by atoms with E-state index in [1.54, 1.807) is 6.07 Å². The second-order valence-electron chi connectivity index (χ2n) is 4.25. The van der Waals surface area contributed by atoms with Gasteiger partial charge in [-0.1, -0.05) is 24.4 Å². The van der Waals surface area contributed by atoms with Gasteiger partial charge in [-0.3, -0.25) is 0 Å². The number of nitrogens with zero attached hydrogens (tertiary/aromatic N) is 1. The van der Waals surface area contributed by atoms with Crippen LogP contribution in [0.15, 0.2) is 12.1 Å². The first-order valence-corrected chi connectivity index (χ1v) is 6.07. The summed E-state index contributed by atoms with van der Waals surface area (Å²) in [5.41, 5.74) is -0.157. The van der Waals surface area contributed by atoms with E-state index in [0.29, 0.717) is 18.4 Å². The molecule has 5 heteroatoms. The maximum atomic E-state index is 10.8. The molecule has 0 atom stereocenters. The molecule has 0 aromatic carbocycles. The summed E-state index contributed by atoms with van der Waals surface area (Å²) in [6, 6.07) is 3.10. The predicted molar refractivity (Wildman–Crippen MR) is 63.7 cm³/mol. The first-order valence-electron chi connectivity index (χ1n) is 5.69. The molecule has 92 valence electrons. The lowest BCUT2D eigenvalue weighted by molar-refractivity contribution is 0.0689. The van der Waals surface area contributed by atoms with Crippen molar-refractivity contribution in [3.05, 3.63) is 22.8 Å². The van der Waals surface area contributed by atoms with E-state index in [0.717, 1.165) is 0 Å². The first-order chi connectivity index (χ1) is 8.16. The highest BCUT2D eigenvalue weighted by molar-refractivity contribution is 6.33. The first kappa shape index (κ1) is 12.2. The molecule has 1 aliphatic carbocycles. The maximum absolute atomic E-state index is 10.8. The number of aromatic carboxylic acids is 1. The van der Waals surface area contributed by atoms with Crippen LogP contribution in [0.4, 0.5) is 0 Å². The number of aromatic nitrogens is 1. The summed E-state index contributed by atoms with van der Waals surface area (Å²) in [4.78, 5) is 14.7. The predicted octanol–water partition coefficient (Wildman–Crippen LogP) is 3.00. The quantitative estimate of drug-likeness (QED) is 0.899. The lowest BCUT2D eigenvalue weighted by Gasteiger charge is -2.11. The molecular weight excluding hydrogens is 242 g/mol. The Hall–Kier alpha value is -1.29. The second kappa shape index (κ2) is 5.36. The zero-order valence-corrected chi connectivity index (χ0v) is 10.1. The van der Waals surface area contributed by atoms with Crippen LogP contribution in [0.25, 0.3) is 0 Å². The van der Waals surface area contributed by atoms with Crippen LogP contribution in [0.2, 0.25) is 5.02 Å². The summed E-state index contributed by atoms with van der Waals surface area (Å²) in [5.74, 6) is -0.235. The van der Waals surface area contributed by atoms with Gasteiger partial charge in [-0.05, 0) is 24.8 Å². The molecule has 2 rings (SSSR count). The van der Waals surface area contributed by atoms with E-state index in [9.17, 15) is 4.79 Å². The molecule has 1 fully saturated rings. The molecule has 0 saturated heterocycles. The summed E-state index contributed by atoms with van der Waals surface area (Å²) < 4.78 is 5.50. The standard InChI is InChI=1S/C12H14ClNO3/c13-9-5-6-10(14-11(9)12(15)16)17-7-8-3-1-2-4-8/h5-6,8H,1-4,7H2,(H,15,16). The lowest BCUT2D eigenvalue weighted by atomic mass is 10.1. The second-order valence-corrected chi connectivity index (χ2v) is 4.65. The Morgan fingerprint density at radius 1 is 1.47 bits per heavy atom. The average molecular weight is 256 g/mol. The molecule has 1 heterocycles. The van der Waals surface area contributed by atoms with E-state index in [4.69, 9.17) is 21.4 Å². The van der Waals surface area contributed by atoms with E-state index >= 15 is 0 Å². The van der Waals surface area contributed by atoms with Crippen molar-refractivity contribution >= 4 is 17.6 Å². The van der Waals surface area contributed by atoms with Crippen LogP contribution in [-0.2, 0) is 0 Å². The number of halogens is 1. The summed E-state index contributed by atoms with van der Waals surface area (Å²) in [6.45, 7) is 0.605. The van der Waals surface area contributed by atoms with Crippen molar-refractivity contribution in [2.75, 3.05) is 6.61 Å². The van der Waals surface area contributed by atoms with Gasteiger partial charge in [0.2, 0.25) is 5.88 Å². The fraction of sp³-hybridized carbons (Fsp3) is 0.500. The zero-order chi connectivity index (χ0) is 12.3. The lowest BCUT2D eigenvalue weighted by Crippen LogP contribution is -2.10. The largest absolute Gasteiger partial charge is 0.477 e. The highest BCUT2D eigenvalue weighted by Gasteiger charge is 2.17. The third-order valence-electron chi connectivity index (χ3n) is 2.96. The molecule has 1 aromatic heterocycles. The van der Waals surface area contributed by atoms with Crippen LogP contribution in [0, 0.1) is 5.92 Å². The van der Waals surface area contributed by atoms with Crippen LogP contribution in [0.1, 0.15) is 36.2 Å². The van der Waals surface area contributed by atoms with Crippen molar-refractivity contribution in [3.63, 3.8) is 0 Å². The molecular formula is C12H14ClNO3. The summed E-state index contributed by atoms with van der Waals surface area (Å²) in [6.07, 6.45) is 4.86. The fourth-order valence-corrected chi connectivity index (χ4v) is 2.22. The van der Waals surface area contributed by atoms with Crippen molar-refractivity contribution in [1.82, 2.24) is 4.98 Å². The summed E-state index contributed by atoms with van der Waals surface area (Å²) >= 11 is 5.72. The van der Waals surface area contributed by atoms with Gasteiger partial charge in [-0.2, -0.15) is 0 Å². The number of rotatable bonds is 4. The summed E-state index contributed by atoms with van der Waals surface area (Å²) in [7, 11) is 0. The number of carbonyl (C=O) groups is 1. The molecule has 1 aromatic rings.